The highest BCUT2D eigenvalue weighted by molar-refractivity contribution is 6.04. The summed E-state index contributed by atoms with van der Waals surface area (Å²) in [7, 11) is 1.51. The summed E-state index contributed by atoms with van der Waals surface area (Å²) in [5.74, 6) is -0.278. The number of imidazole rings is 2. The maximum Gasteiger partial charge on any atom is 0.276 e. The normalized spacial score (nSPS) is 11.3. The third-order valence-electron chi connectivity index (χ3n) is 8.55. The van der Waals surface area contributed by atoms with Gasteiger partial charge in [0, 0.05) is 37.3 Å². The summed E-state index contributed by atoms with van der Waals surface area (Å²) in [6.45, 7) is 9.35. The molecule has 4 heterocycles. The van der Waals surface area contributed by atoms with Crippen LogP contribution in [0, 0.1) is 13.8 Å². The molecular weight excluding hydrogens is 654 g/mol. The number of aldehydes is 1. The van der Waals surface area contributed by atoms with Crippen LogP contribution in [0.5, 0.6) is 5.75 Å². The Morgan fingerprint density at radius 2 is 1.37 bits per heavy atom. The number of primary amides is 1. The van der Waals surface area contributed by atoms with Crippen LogP contribution in [0.1, 0.15) is 79.8 Å². The van der Waals surface area contributed by atoms with E-state index in [1.54, 1.807) is 51.8 Å². The average Bonchev–Trinajstić information content (AvgIpc) is 3.88. The average molecular weight is 694 g/mol. The van der Waals surface area contributed by atoms with Gasteiger partial charge in [-0.05, 0) is 83.0 Å². The largest absolute Gasteiger partial charge is 0.494 e. The zero-order chi connectivity index (χ0) is 36.4. The van der Waals surface area contributed by atoms with Crippen molar-refractivity contribution in [3.05, 3.63) is 76.4 Å². The molecule has 0 atom stereocenters. The van der Waals surface area contributed by atoms with E-state index in [1.165, 1.54) is 7.11 Å². The summed E-state index contributed by atoms with van der Waals surface area (Å²) in [6, 6.07) is 11.7. The molecule has 0 saturated carbocycles. The summed E-state index contributed by atoms with van der Waals surface area (Å²) < 4.78 is 12.7. The van der Waals surface area contributed by atoms with Crippen molar-refractivity contribution in [2.75, 3.05) is 17.7 Å². The van der Waals surface area contributed by atoms with Gasteiger partial charge in [-0.3, -0.25) is 39.2 Å². The molecule has 16 nitrogen and oxygen atoms in total. The molecule has 0 aliphatic rings. The van der Waals surface area contributed by atoms with Crippen LogP contribution in [0.3, 0.4) is 0 Å². The number of aryl methyl sites for hydroxylation is 6. The van der Waals surface area contributed by atoms with Gasteiger partial charge in [0.1, 0.15) is 28.9 Å². The lowest BCUT2D eigenvalue weighted by Crippen LogP contribution is -2.20. The highest BCUT2D eigenvalue weighted by Crippen LogP contribution is 2.31. The molecule has 264 valence electrons. The molecule has 6 rings (SSSR count). The van der Waals surface area contributed by atoms with Crippen LogP contribution in [0.15, 0.2) is 42.5 Å². The summed E-state index contributed by atoms with van der Waals surface area (Å²) >= 11 is 0. The van der Waals surface area contributed by atoms with Gasteiger partial charge in [-0.15, -0.1) is 0 Å². The van der Waals surface area contributed by atoms with Crippen LogP contribution in [0.25, 0.3) is 22.1 Å². The first kappa shape index (κ1) is 34.5. The first-order chi connectivity index (χ1) is 24.5. The fraction of sp³-hybridized carbons (Fsp3) is 0.314. The summed E-state index contributed by atoms with van der Waals surface area (Å²) in [6.07, 6.45) is 1.94. The van der Waals surface area contributed by atoms with E-state index in [1.807, 2.05) is 36.8 Å². The molecule has 16 heteroatoms. The van der Waals surface area contributed by atoms with Gasteiger partial charge in [0.05, 0.1) is 35.0 Å². The molecule has 2 aromatic carbocycles. The quantitative estimate of drug-likeness (QED) is 0.110. The van der Waals surface area contributed by atoms with Gasteiger partial charge in [-0.1, -0.05) is 0 Å². The van der Waals surface area contributed by atoms with Gasteiger partial charge in [0.25, 0.3) is 11.8 Å². The van der Waals surface area contributed by atoms with E-state index in [-0.39, 0.29) is 11.8 Å². The number of carbonyl (C=O) groups is 4. The fourth-order valence-corrected chi connectivity index (χ4v) is 6.20. The third-order valence-corrected chi connectivity index (χ3v) is 8.55. The lowest BCUT2D eigenvalue weighted by atomic mass is 10.2. The van der Waals surface area contributed by atoms with Crippen molar-refractivity contribution in [2.45, 2.75) is 66.7 Å². The van der Waals surface area contributed by atoms with Crippen LogP contribution < -0.4 is 21.1 Å². The van der Waals surface area contributed by atoms with Crippen molar-refractivity contribution in [1.29, 1.82) is 0 Å². The van der Waals surface area contributed by atoms with Crippen molar-refractivity contribution < 1.29 is 23.9 Å². The second-order valence-electron chi connectivity index (χ2n) is 12.0. The van der Waals surface area contributed by atoms with Gasteiger partial charge in [-0.25, -0.2) is 9.97 Å². The van der Waals surface area contributed by atoms with Crippen LogP contribution in [0.4, 0.5) is 11.9 Å². The standard InChI is InChI=1S/C35H39N11O5/c1-6-45-27(14-20(3)41-45)32(49)39-34-37-24-18-23(31(36)48)10-11-26(24)43(34)12-8-9-13-44-30-25(16-22(19-47)17-29(30)51-5)38-35(44)40-33(50)28-15-21(4)42-46(28)7-2/h10-11,14-19H,6-9,12-13H2,1-5H3,(H2,36,48)(H,37,39,49)(H,38,40,50). The minimum atomic E-state index is -0.584. The fourth-order valence-electron chi connectivity index (χ4n) is 6.20. The Morgan fingerprint density at radius 3 is 1.92 bits per heavy atom. The van der Waals surface area contributed by atoms with Crippen molar-refractivity contribution in [2.24, 2.45) is 5.73 Å². The molecule has 0 saturated heterocycles. The number of ether oxygens (including phenoxy) is 1. The smallest absolute Gasteiger partial charge is 0.276 e. The number of nitrogens with two attached hydrogens (primary N) is 1. The topological polar surface area (TPSA) is 199 Å². The molecule has 0 aliphatic heterocycles. The first-order valence-corrected chi connectivity index (χ1v) is 16.6. The Balaban J connectivity index is 1.29. The molecule has 0 unspecified atom stereocenters. The molecule has 0 fully saturated rings. The van der Waals surface area contributed by atoms with Gasteiger partial charge in [0.15, 0.2) is 0 Å². The Labute approximate surface area is 292 Å². The Hall–Kier alpha value is -6.32. The lowest BCUT2D eigenvalue weighted by Gasteiger charge is -2.14. The van der Waals surface area contributed by atoms with Crippen molar-refractivity contribution in [1.82, 2.24) is 38.7 Å². The molecular formula is C35H39N11O5. The van der Waals surface area contributed by atoms with Crippen LogP contribution in [-0.4, -0.2) is 69.8 Å². The number of carbonyl (C=O) groups excluding carboxylic acids is 4. The SMILES string of the molecule is CCn1nc(C)cc1C(=O)Nc1nc2cc(C(N)=O)ccc2n1CCCCn1c(NC(=O)c2cc(C)nn2CC)nc2cc(C=O)cc(OC)c21. The Kier molecular flexibility index (Phi) is 9.66. The number of unbranched alkanes of at least 4 members (excludes halogenated alkanes) is 1. The molecule has 6 aromatic rings. The number of hydrogen-bond acceptors (Lipinski definition) is 9. The maximum absolute atomic E-state index is 13.5. The number of anilines is 2. The first-order valence-electron chi connectivity index (χ1n) is 16.6. The molecule has 4 aromatic heterocycles. The number of methoxy groups -OCH3 is 1. The van der Waals surface area contributed by atoms with E-state index in [9.17, 15) is 19.2 Å². The summed E-state index contributed by atoms with van der Waals surface area (Å²) in [4.78, 5) is 59.9. The number of fused-ring (bicyclic) bond motifs is 2. The molecule has 4 N–H and O–H groups in total. The highest BCUT2D eigenvalue weighted by atomic mass is 16.5. The molecule has 0 aliphatic carbocycles. The zero-order valence-electron chi connectivity index (χ0n) is 29.1. The van der Waals surface area contributed by atoms with E-state index in [2.05, 4.69) is 25.8 Å². The minimum absolute atomic E-state index is 0.292. The second-order valence-corrected chi connectivity index (χ2v) is 12.0. The molecule has 0 bridgehead atoms. The number of nitrogens with one attached hydrogen (secondary N) is 2. The zero-order valence-corrected chi connectivity index (χ0v) is 29.1. The van der Waals surface area contributed by atoms with E-state index < -0.39 is 5.91 Å². The number of nitrogens with zero attached hydrogens (tertiary/aromatic N) is 8. The highest BCUT2D eigenvalue weighted by Gasteiger charge is 2.22. The van der Waals surface area contributed by atoms with Gasteiger partial charge >= 0.3 is 0 Å². The van der Waals surface area contributed by atoms with Crippen molar-refractivity contribution >= 4 is 58.0 Å². The minimum Gasteiger partial charge on any atom is -0.494 e. The van der Waals surface area contributed by atoms with Gasteiger partial charge < -0.3 is 19.6 Å². The number of rotatable bonds is 14. The van der Waals surface area contributed by atoms with Crippen molar-refractivity contribution in [3.8, 4) is 5.75 Å². The van der Waals surface area contributed by atoms with E-state index in [0.29, 0.717) is 113 Å². The number of benzene rings is 2. The molecule has 0 spiro atoms. The second kappa shape index (κ2) is 14.3. The van der Waals surface area contributed by atoms with Crippen LogP contribution in [0.2, 0.25) is 0 Å². The Morgan fingerprint density at radius 1 is 0.804 bits per heavy atom. The van der Waals surface area contributed by atoms with E-state index in [4.69, 9.17) is 15.5 Å². The predicted octanol–water partition coefficient (Wildman–Crippen LogP) is 4.34. The molecule has 51 heavy (non-hydrogen) atoms. The van der Waals surface area contributed by atoms with Gasteiger partial charge in [-0.2, -0.15) is 10.2 Å². The van der Waals surface area contributed by atoms with E-state index in [0.717, 1.165) is 6.29 Å². The number of hydrogen-bond donors (Lipinski definition) is 3. The number of aromatic nitrogens is 8. The summed E-state index contributed by atoms with van der Waals surface area (Å²) in [5, 5.41) is 14.6. The maximum atomic E-state index is 13.5. The molecule has 0 radical (unpaired) electrons. The Bertz CT molecular complexity index is 2310. The summed E-state index contributed by atoms with van der Waals surface area (Å²) in [5.41, 5.74) is 10.8. The van der Waals surface area contributed by atoms with Crippen LogP contribution >= 0.6 is 0 Å². The molecule has 3 amide bonds. The van der Waals surface area contributed by atoms with Crippen molar-refractivity contribution in [3.63, 3.8) is 0 Å². The number of amides is 3. The monoisotopic (exact) mass is 693 g/mol. The third kappa shape index (κ3) is 6.79. The van der Waals surface area contributed by atoms with E-state index >= 15 is 0 Å². The predicted molar refractivity (Wildman–Crippen MR) is 190 cm³/mol. The van der Waals surface area contributed by atoms with Gasteiger partial charge in [0.2, 0.25) is 17.8 Å². The lowest BCUT2D eigenvalue weighted by molar-refractivity contribution is 0.0994. The van der Waals surface area contributed by atoms with Crippen LogP contribution in [-0.2, 0) is 26.2 Å².